The smallest absolute Gasteiger partial charge is 0.240 e. The number of benzene rings is 1. The maximum Gasteiger partial charge on any atom is 0.240 e. The number of sulfonamides is 1. The van der Waals surface area contributed by atoms with Crippen LogP contribution in [0.4, 0.5) is 0 Å². The van der Waals surface area contributed by atoms with Crippen molar-refractivity contribution in [3.05, 3.63) is 29.8 Å². The molecular formula is C16H25NO4S. The molecule has 1 aromatic carbocycles. The number of ether oxygens (including phenoxy) is 1. The number of carbonyl (C=O) groups is 1. The van der Waals surface area contributed by atoms with E-state index < -0.39 is 22.0 Å². The predicted octanol–water partition coefficient (Wildman–Crippen LogP) is 2.29. The Labute approximate surface area is 133 Å². The van der Waals surface area contributed by atoms with E-state index in [1.165, 1.54) is 0 Å². The van der Waals surface area contributed by atoms with E-state index in [4.69, 9.17) is 4.74 Å². The SMILES string of the molecule is CCCCOC[C@@H](NS(=O)(=O)c1ccc(C)cc1)[C@@H](C)C=O. The molecule has 0 fully saturated rings. The van der Waals surface area contributed by atoms with E-state index in [9.17, 15) is 13.2 Å². The minimum Gasteiger partial charge on any atom is -0.380 e. The van der Waals surface area contributed by atoms with Crippen LogP contribution in [0, 0.1) is 12.8 Å². The highest BCUT2D eigenvalue weighted by Crippen LogP contribution is 2.12. The van der Waals surface area contributed by atoms with Crippen molar-refractivity contribution in [3.63, 3.8) is 0 Å². The van der Waals surface area contributed by atoms with Gasteiger partial charge in [0.15, 0.2) is 0 Å². The topological polar surface area (TPSA) is 72.5 Å². The predicted molar refractivity (Wildman–Crippen MR) is 86.2 cm³/mol. The van der Waals surface area contributed by atoms with Crippen molar-refractivity contribution in [2.75, 3.05) is 13.2 Å². The maximum atomic E-state index is 12.4. The molecule has 1 rings (SSSR count). The number of aldehydes is 1. The van der Waals surface area contributed by atoms with E-state index in [0.29, 0.717) is 6.61 Å². The molecule has 0 aliphatic heterocycles. The lowest BCUT2D eigenvalue weighted by Gasteiger charge is -2.21. The summed E-state index contributed by atoms with van der Waals surface area (Å²) in [6, 6.07) is 6.02. The summed E-state index contributed by atoms with van der Waals surface area (Å²) in [5, 5.41) is 0. The van der Waals surface area contributed by atoms with E-state index in [2.05, 4.69) is 11.6 Å². The zero-order valence-electron chi connectivity index (χ0n) is 13.4. The van der Waals surface area contributed by atoms with Gasteiger partial charge in [-0.05, 0) is 25.5 Å². The fourth-order valence-electron chi connectivity index (χ4n) is 1.83. The van der Waals surface area contributed by atoms with Crippen LogP contribution in [-0.4, -0.2) is 34.0 Å². The monoisotopic (exact) mass is 327 g/mol. The van der Waals surface area contributed by atoms with Gasteiger partial charge in [-0.1, -0.05) is 38.0 Å². The van der Waals surface area contributed by atoms with Gasteiger partial charge in [0.05, 0.1) is 17.5 Å². The number of unbranched alkanes of at least 4 members (excludes halogenated alkanes) is 1. The van der Waals surface area contributed by atoms with E-state index in [0.717, 1.165) is 24.7 Å². The van der Waals surface area contributed by atoms with Crippen LogP contribution < -0.4 is 4.72 Å². The van der Waals surface area contributed by atoms with Gasteiger partial charge < -0.3 is 9.53 Å². The lowest BCUT2D eigenvalue weighted by Crippen LogP contribution is -2.43. The zero-order valence-corrected chi connectivity index (χ0v) is 14.2. The lowest BCUT2D eigenvalue weighted by atomic mass is 10.1. The lowest BCUT2D eigenvalue weighted by molar-refractivity contribution is -0.111. The van der Waals surface area contributed by atoms with Gasteiger partial charge in [0.1, 0.15) is 6.29 Å². The fraction of sp³-hybridized carbons (Fsp3) is 0.562. The van der Waals surface area contributed by atoms with Crippen molar-refractivity contribution in [2.45, 2.75) is 44.6 Å². The highest BCUT2D eigenvalue weighted by molar-refractivity contribution is 7.89. The van der Waals surface area contributed by atoms with Gasteiger partial charge in [0.25, 0.3) is 0 Å². The fourth-order valence-corrected chi connectivity index (χ4v) is 3.14. The average molecular weight is 327 g/mol. The normalized spacial score (nSPS) is 14.5. The summed E-state index contributed by atoms with van der Waals surface area (Å²) in [5.41, 5.74) is 0.986. The minimum atomic E-state index is -3.66. The van der Waals surface area contributed by atoms with Crippen LogP contribution in [0.3, 0.4) is 0 Å². The van der Waals surface area contributed by atoms with Crippen molar-refractivity contribution >= 4 is 16.3 Å². The van der Waals surface area contributed by atoms with E-state index in [1.807, 2.05) is 6.92 Å². The number of rotatable bonds is 10. The van der Waals surface area contributed by atoms with E-state index in [1.54, 1.807) is 31.2 Å². The van der Waals surface area contributed by atoms with Crippen LogP contribution >= 0.6 is 0 Å². The largest absolute Gasteiger partial charge is 0.380 e. The van der Waals surface area contributed by atoms with Crippen LogP contribution in [0.5, 0.6) is 0 Å². The molecule has 22 heavy (non-hydrogen) atoms. The summed E-state index contributed by atoms with van der Waals surface area (Å²) in [4.78, 5) is 11.2. The molecule has 0 unspecified atom stereocenters. The van der Waals surface area contributed by atoms with Crippen LogP contribution in [0.15, 0.2) is 29.2 Å². The standard InChI is InChI=1S/C16H25NO4S/c1-4-5-10-21-12-16(14(3)11-18)17-22(19,20)15-8-6-13(2)7-9-15/h6-9,11,14,16-17H,4-5,10,12H2,1-3H3/t14-,16+/m0/s1. The summed E-state index contributed by atoms with van der Waals surface area (Å²) in [7, 11) is -3.66. The van der Waals surface area contributed by atoms with Crippen LogP contribution in [-0.2, 0) is 19.6 Å². The first-order valence-electron chi connectivity index (χ1n) is 7.52. The third kappa shape index (κ3) is 5.87. The van der Waals surface area contributed by atoms with Gasteiger partial charge in [-0.15, -0.1) is 0 Å². The number of hydrogen-bond donors (Lipinski definition) is 1. The van der Waals surface area contributed by atoms with Crippen molar-refractivity contribution in [1.82, 2.24) is 4.72 Å². The van der Waals surface area contributed by atoms with Crippen molar-refractivity contribution < 1.29 is 17.9 Å². The quantitative estimate of drug-likeness (QED) is 0.529. The van der Waals surface area contributed by atoms with Crippen molar-refractivity contribution in [2.24, 2.45) is 5.92 Å². The molecule has 0 bridgehead atoms. The number of nitrogens with one attached hydrogen (secondary N) is 1. The Hall–Kier alpha value is -1.24. The molecule has 0 aromatic heterocycles. The molecule has 0 aliphatic rings. The second kappa shape index (κ2) is 9.02. The molecule has 0 saturated carbocycles. The highest BCUT2D eigenvalue weighted by atomic mass is 32.2. The summed E-state index contributed by atoms with van der Waals surface area (Å²) >= 11 is 0. The van der Waals surface area contributed by atoms with Crippen molar-refractivity contribution in [1.29, 1.82) is 0 Å². The summed E-state index contributed by atoms with van der Waals surface area (Å²) in [5.74, 6) is -0.457. The molecule has 0 saturated heterocycles. The molecule has 0 radical (unpaired) electrons. The van der Waals surface area contributed by atoms with E-state index >= 15 is 0 Å². The molecular weight excluding hydrogens is 302 g/mol. The first-order chi connectivity index (χ1) is 10.4. The Morgan fingerprint density at radius 1 is 1.27 bits per heavy atom. The van der Waals surface area contributed by atoms with Gasteiger partial charge >= 0.3 is 0 Å². The van der Waals surface area contributed by atoms with Crippen LogP contribution in [0.2, 0.25) is 0 Å². The molecule has 2 atom stereocenters. The Kier molecular flexibility index (Phi) is 7.72. The molecule has 5 nitrogen and oxygen atoms in total. The second-order valence-electron chi connectivity index (χ2n) is 5.46. The third-order valence-corrected chi connectivity index (χ3v) is 4.93. The average Bonchev–Trinajstić information content (AvgIpc) is 2.50. The molecule has 1 N–H and O–H groups in total. The Morgan fingerprint density at radius 2 is 1.91 bits per heavy atom. The molecule has 1 aromatic rings. The van der Waals surface area contributed by atoms with Crippen molar-refractivity contribution in [3.8, 4) is 0 Å². The minimum absolute atomic E-state index is 0.186. The van der Waals surface area contributed by atoms with Gasteiger partial charge in [0, 0.05) is 12.5 Å². The first kappa shape index (κ1) is 18.8. The molecule has 0 aliphatic carbocycles. The van der Waals surface area contributed by atoms with Gasteiger partial charge in [-0.2, -0.15) is 0 Å². The summed E-state index contributed by atoms with van der Waals surface area (Å²) in [6.45, 7) is 6.37. The number of carbonyl (C=O) groups excluding carboxylic acids is 1. The maximum absolute atomic E-state index is 12.4. The molecule has 0 amide bonds. The molecule has 0 heterocycles. The van der Waals surface area contributed by atoms with Gasteiger partial charge in [-0.3, -0.25) is 0 Å². The molecule has 124 valence electrons. The molecule has 0 spiro atoms. The third-order valence-electron chi connectivity index (χ3n) is 3.43. The Balaban J connectivity index is 2.78. The van der Waals surface area contributed by atoms with Gasteiger partial charge in [-0.25, -0.2) is 13.1 Å². The van der Waals surface area contributed by atoms with E-state index in [-0.39, 0.29) is 11.5 Å². The first-order valence-corrected chi connectivity index (χ1v) is 9.01. The number of aryl methyl sites for hydroxylation is 1. The number of hydrogen-bond acceptors (Lipinski definition) is 4. The van der Waals surface area contributed by atoms with Gasteiger partial charge in [0.2, 0.25) is 10.0 Å². The Bertz CT molecular complexity index is 554. The Morgan fingerprint density at radius 3 is 2.45 bits per heavy atom. The summed E-state index contributed by atoms with van der Waals surface area (Å²) < 4.78 is 32.8. The molecule has 6 heteroatoms. The zero-order chi connectivity index (χ0) is 16.6. The highest BCUT2D eigenvalue weighted by Gasteiger charge is 2.24. The van der Waals surface area contributed by atoms with Crippen LogP contribution in [0.1, 0.15) is 32.3 Å². The second-order valence-corrected chi connectivity index (χ2v) is 7.18. The summed E-state index contributed by atoms with van der Waals surface area (Å²) in [6.07, 6.45) is 2.65. The van der Waals surface area contributed by atoms with Crippen LogP contribution in [0.25, 0.3) is 0 Å².